The molecule has 0 radical (unpaired) electrons. The van der Waals surface area contributed by atoms with Gasteiger partial charge in [0.2, 0.25) is 5.91 Å². The molecule has 0 saturated heterocycles. The van der Waals surface area contributed by atoms with Gasteiger partial charge in [0.1, 0.15) is 16.5 Å². The maximum Gasteiger partial charge on any atom is 0.353 e. The first-order valence-corrected chi connectivity index (χ1v) is 10.5. The number of hydrogen-bond donors (Lipinski definition) is 6. The van der Waals surface area contributed by atoms with Gasteiger partial charge in [0.05, 0.1) is 0 Å². The fourth-order valence-corrected chi connectivity index (χ4v) is 3.99. The topological polar surface area (TPSA) is 154 Å². The summed E-state index contributed by atoms with van der Waals surface area (Å²) in [5, 5.41) is 14.1. The zero-order valence-corrected chi connectivity index (χ0v) is 18.4. The molecule has 0 fully saturated rings. The van der Waals surface area contributed by atoms with Gasteiger partial charge >= 0.3 is 5.97 Å². The first kappa shape index (κ1) is 23.2. The SMILES string of the molecule is CC(C)(Cc1ccc(C(=O)Oc2ccc(C(=N)N)cc2F)s1)C(=O)NCCC1=NNNN1. The number of rotatable bonds is 9. The molecule has 2 heterocycles. The number of halogens is 1. The van der Waals surface area contributed by atoms with Crippen molar-refractivity contribution in [1.29, 1.82) is 5.41 Å². The van der Waals surface area contributed by atoms with Crippen molar-refractivity contribution in [3.8, 4) is 5.75 Å². The molecular weight excluding hydrogens is 437 g/mol. The fraction of sp³-hybridized carbons (Fsp3) is 0.300. The number of thiophene rings is 1. The Morgan fingerprint density at radius 2 is 2.09 bits per heavy atom. The third-order valence-corrected chi connectivity index (χ3v) is 5.71. The molecule has 2 aromatic rings. The molecule has 0 atom stereocenters. The van der Waals surface area contributed by atoms with Gasteiger partial charge in [0, 0.05) is 28.8 Å². The molecule has 1 amide bonds. The molecule has 0 spiro atoms. The zero-order chi connectivity index (χ0) is 23.3. The summed E-state index contributed by atoms with van der Waals surface area (Å²) in [5.74, 6) is -1.45. The number of esters is 1. The van der Waals surface area contributed by atoms with Crippen LogP contribution in [0.5, 0.6) is 5.75 Å². The van der Waals surface area contributed by atoms with Crippen LogP contribution in [0.1, 0.15) is 40.4 Å². The number of carbonyl (C=O) groups excluding carboxylic acids is 2. The lowest BCUT2D eigenvalue weighted by Crippen LogP contribution is -2.40. The second-order valence-corrected chi connectivity index (χ2v) is 8.87. The maximum atomic E-state index is 14.1. The van der Waals surface area contributed by atoms with Crippen molar-refractivity contribution in [2.75, 3.05) is 6.54 Å². The molecule has 10 nitrogen and oxygen atoms in total. The van der Waals surface area contributed by atoms with Gasteiger partial charge in [0.25, 0.3) is 0 Å². The summed E-state index contributed by atoms with van der Waals surface area (Å²) >= 11 is 1.19. The largest absolute Gasteiger partial charge is 0.419 e. The lowest BCUT2D eigenvalue weighted by Gasteiger charge is -2.22. The van der Waals surface area contributed by atoms with E-state index in [0.29, 0.717) is 25.2 Å². The molecule has 0 bridgehead atoms. The molecule has 1 aromatic heterocycles. The molecule has 32 heavy (non-hydrogen) atoms. The van der Waals surface area contributed by atoms with Gasteiger partial charge in [-0.1, -0.05) is 13.8 Å². The van der Waals surface area contributed by atoms with Crippen molar-refractivity contribution >= 4 is 34.9 Å². The average molecular weight is 462 g/mol. The van der Waals surface area contributed by atoms with E-state index >= 15 is 0 Å². The van der Waals surface area contributed by atoms with Gasteiger partial charge in [-0.2, -0.15) is 0 Å². The highest BCUT2D eigenvalue weighted by molar-refractivity contribution is 7.14. The van der Waals surface area contributed by atoms with E-state index in [1.807, 2.05) is 13.8 Å². The average Bonchev–Trinajstić information content (AvgIpc) is 3.41. The zero-order valence-electron chi connectivity index (χ0n) is 17.5. The lowest BCUT2D eigenvalue weighted by molar-refractivity contribution is -0.129. The maximum absolute atomic E-state index is 14.1. The number of nitrogens with zero attached hydrogens (tertiary/aromatic N) is 1. The summed E-state index contributed by atoms with van der Waals surface area (Å²) in [4.78, 5) is 26.1. The van der Waals surface area contributed by atoms with Crippen LogP contribution in [0.2, 0.25) is 0 Å². The summed E-state index contributed by atoms with van der Waals surface area (Å²) in [6.07, 6.45) is 0.960. The molecule has 3 rings (SSSR count). The van der Waals surface area contributed by atoms with Gasteiger partial charge in [-0.3, -0.25) is 15.6 Å². The summed E-state index contributed by atoms with van der Waals surface area (Å²) in [7, 11) is 0. The number of nitrogen functional groups attached to an aromatic ring is 1. The normalized spacial score (nSPS) is 13.0. The molecule has 1 aliphatic rings. The minimum atomic E-state index is -0.786. The number of amidine groups is 2. The number of nitrogens with one attached hydrogen (secondary N) is 5. The van der Waals surface area contributed by atoms with E-state index in [1.54, 1.807) is 12.1 Å². The van der Waals surface area contributed by atoms with Gasteiger partial charge in [-0.15, -0.1) is 22.0 Å². The van der Waals surface area contributed by atoms with Crippen molar-refractivity contribution in [3.05, 3.63) is 51.5 Å². The molecule has 7 N–H and O–H groups in total. The highest BCUT2D eigenvalue weighted by atomic mass is 32.1. The summed E-state index contributed by atoms with van der Waals surface area (Å²) in [6.45, 7) is 4.06. The first-order valence-electron chi connectivity index (χ1n) is 9.71. The Bertz CT molecular complexity index is 1070. The second-order valence-electron chi connectivity index (χ2n) is 7.70. The molecule has 0 aliphatic carbocycles. The third-order valence-electron chi connectivity index (χ3n) is 4.64. The van der Waals surface area contributed by atoms with Crippen LogP contribution >= 0.6 is 11.3 Å². The van der Waals surface area contributed by atoms with Crippen molar-refractivity contribution in [2.45, 2.75) is 26.7 Å². The van der Waals surface area contributed by atoms with Crippen molar-refractivity contribution in [3.63, 3.8) is 0 Å². The Balaban J connectivity index is 1.56. The number of hydrazone groups is 1. The predicted molar refractivity (Wildman–Crippen MR) is 119 cm³/mol. The van der Waals surface area contributed by atoms with Crippen LogP contribution < -0.4 is 32.3 Å². The Morgan fingerprint density at radius 3 is 2.75 bits per heavy atom. The number of hydrazine groups is 2. The van der Waals surface area contributed by atoms with E-state index in [-0.39, 0.29) is 27.9 Å². The fourth-order valence-electron chi connectivity index (χ4n) is 2.88. The van der Waals surface area contributed by atoms with E-state index in [1.165, 1.54) is 23.5 Å². The van der Waals surface area contributed by atoms with Crippen LogP contribution in [0.25, 0.3) is 0 Å². The Morgan fingerprint density at radius 1 is 1.31 bits per heavy atom. The Hall–Kier alpha value is -3.51. The number of nitrogens with two attached hydrogens (primary N) is 1. The molecule has 1 aromatic carbocycles. The highest BCUT2D eigenvalue weighted by Gasteiger charge is 2.29. The molecule has 12 heteroatoms. The van der Waals surface area contributed by atoms with Crippen LogP contribution in [0.3, 0.4) is 0 Å². The van der Waals surface area contributed by atoms with Crippen LogP contribution in [0.4, 0.5) is 4.39 Å². The summed E-state index contributed by atoms with van der Waals surface area (Å²) in [6, 6.07) is 7.03. The highest BCUT2D eigenvalue weighted by Crippen LogP contribution is 2.28. The minimum Gasteiger partial charge on any atom is -0.419 e. The quantitative estimate of drug-likeness (QED) is 0.143. The number of amides is 1. The first-order chi connectivity index (χ1) is 15.2. The van der Waals surface area contributed by atoms with Crippen LogP contribution in [-0.2, 0) is 11.2 Å². The number of ether oxygens (including phenoxy) is 1. The molecular formula is C20H24FN7O3S. The summed E-state index contributed by atoms with van der Waals surface area (Å²) in [5.41, 5.74) is 12.8. The van der Waals surface area contributed by atoms with Gasteiger partial charge in [-0.25, -0.2) is 14.7 Å². The van der Waals surface area contributed by atoms with Crippen LogP contribution in [-0.4, -0.2) is 30.1 Å². The summed E-state index contributed by atoms with van der Waals surface area (Å²) < 4.78 is 19.3. The number of benzene rings is 1. The van der Waals surface area contributed by atoms with Crippen LogP contribution in [0, 0.1) is 16.6 Å². The molecule has 1 aliphatic heterocycles. The molecule has 0 saturated carbocycles. The second kappa shape index (κ2) is 9.75. The van der Waals surface area contributed by atoms with E-state index in [9.17, 15) is 14.0 Å². The number of carbonyl (C=O) groups is 2. The van der Waals surface area contributed by atoms with Crippen molar-refractivity contribution in [1.82, 2.24) is 21.8 Å². The van der Waals surface area contributed by atoms with Crippen molar-refractivity contribution in [2.24, 2.45) is 16.3 Å². The number of hydrogen-bond acceptors (Lipinski definition) is 9. The Kier molecular flexibility index (Phi) is 7.05. The van der Waals surface area contributed by atoms with E-state index in [2.05, 4.69) is 26.9 Å². The van der Waals surface area contributed by atoms with Crippen LogP contribution in [0.15, 0.2) is 35.4 Å². The smallest absolute Gasteiger partial charge is 0.353 e. The van der Waals surface area contributed by atoms with E-state index < -0.39 is 17.2 Å². The Labute approximate surface area is 187 Å². The van der Waals surface area contributed by atoms with Gasteiger partial charge in [0.15, 0.2) is 11.6 Å². The lowest BCUT2D eigenvalue weighted by atomic mass is 9.87. The third kappa shape index (κ3) is 5.80. The van der Waals surface area contributed by atoms with E-state index in [4.69, 9.17) is 15.9 Å². The standard InChI is InChI=1S/C20H24FN7O3S/c1-20(2,19(30)24-8-7-16-25-27-28-26-16)10-12-4-6-15(32-12)18(29)31-14-5-3-11(17(22)23)9-13(14)21/h3-6,9,27-28H,7-8,10H2,1-2H3,(H3,22,23)(H,24,30)(H,25,26). The van der Waals surface area contributed by atoms with Gasteiger partial charge < -0.3 is 15.8 Å². The monoisotopic (exact) mass is 461 g/mol. The minimum absolute atomic E-state index is 0.123. The van der Waals surface area contributed by atoms with Crippen molar-refractivity contribution < 1.29 is 18.7 Å². The molecule has 170 valence electrons. The van der Waals surface area contributed by atoms with Gasteiger partial charge in [-0.05, 0) is 36.8 Å². The predicted octanol–water partition coefficient (Wildman–Crippen LogP) is 1.39. The van der Waals surface area contributed by atoms with E-state index in [0.717, 1.165) is 10.9 Å². The molecule has 0 unspecified atom stereocenters.